The van der Waals surface area contributed by atoms with Gasteiger partial charge in [0.05, 0.1) is 5.56 Å². The van der Waals surface area contributed by atoms with Gasteiger partial charge in [-0.25, -0.2) is 0 Å². The summed E-state index contributed by atoms with van der Waals surface area (Å²) >= 11 is 0. The van der Waals surface area contributed by atoms with Gasteiger partial charge in [0.25, 0.3) is 0 Å². The summed E-state index contributed by atoms with van der Waals surface area (Å²) in [5.74, 6) is 1.21. The average Bonchev–Trinajstić information content (AvgIpc) is 3.55. The van der Waals surface area contributed by atoms with E-state index in [1.807, 2.05) is 0 Å². The second-order valence-corrected chi connectivity index (χ2v) is 10.5. The molecular formula is C33H30N2O+2. The van der Waals surface area contributed by atoms with E-state index in [2.05, 4.69) is 96.0 Å². The lowest BCUT2D eigenvalue weighted by Crippen LogP contribution is -2.71. The van der Waals surface area contributed by atoms with Crippen molar-refractivity contribution in [2.45, 2.75) is 58.0 Å². The normalized spacial score (nSPS) is 18.7. The fraction of sp³-hybridized carbons (Fsp3) is 0.273. The summed E-state index contributed by atoms with van der Waals surface area (Å²) in [6, 6.07) is 22.7. The van der Waals surface area contributed by atoms with Crippen molar-refractivity contribution in [3.05, 3.63) is 107 Å². The molecule has 1 unspecified atom stereocenters. The number of hydrogen-bond donors (Lipinski definition) is 0. The van der Waals surface area contributed by atoms with Crippen molar-refractivity contribution >= 4 is 11.0 Å². The van der Waals surface area contributed by atoms with Crippen LogP contribution in [-0.2, 0) is 31.3 Å². The van der Waals surface area contributed by atoms with Gasteiger partial charge in [0.1, 0.15) is 28.0 Å². The third-order valence-corrected chi connectivity index (χ3v) is 8.92. The first-order valence-electron chi connectivity index (χ1n) is 13.5. The van der Waals surface area contributed by atoms with Crippen LogP contribution in [0.1, 0.15) is 60.3 Å². The van der Waals surface area contributed by atoms with Gasteiger partial charge in [-0.05, 0) is 68.0 Å². The zero-order valence-electron chi connectivity index (χ0n) is 21.0. The summed E-state index contributed by atoms with van der Waals surface area (Å²) < 4.78 is 11.8. The molecule has 0 N–H and O–H groups in total. The molecule has 0 radical (unpaired) electrons. The molecule has 5 heterocycles. The lowest BCUT2D eigenvalue weighted by atomic mass is 9.88. The van der Waals surface area contributed by atoms with Gasteiger partial charge in [-0.1, -0.05) is 26.0 Å². The number of aryl methyl sites for hydroxylation is 4. The Kier molecular flexibility index (Phi) is 4.07. The Bertz CT molecular complexity index is 1680. The number of furan rings is 1. The van der Waals surface area contributed by atoms with Gasteiger partial charge >= 0.3 is 5.66 Å². The van der Waals surface area contributed by atoms with Gasteiger partial charge in [0.15, 0.2) is 12.4 Å². The molecule has 1 spiro atoms. The predicted octanol–water partition coefficient (Wildman–Crippen LogP) is 6.27. The van der Waals surface area contributed by atoms with Crippen LogP contribution in [-0.4, -0.2) is 0 Å². The molecule has 3 aliphatic rings. The number of fused-ring (bicyclic) bond motifs is 14. The Balaban J connectivity index is 1.58. The summed E-state index contributed by atoms with van der Waals surface area (Å²) in [7, 11) is 0. The van der Waals surface area contributed by atoms with E-state index in [1.54, 1.807) is 0 Å². The zero-order valence-corrected chi connectivity index (χ0v) is 21.0. The van der Waals surface area contributed by atoms with Crippen LogP contribution in [0.2, 0.25) is 0 Å². The van der Waals surface area contributed by atoms with Crippen LogP contribution in [0.5, 0.6) is 0 Å². The van der Waals surface area contributed by atoms with Crippen LogP contribution in [0.25, 0.3) is 33.5 Å². The third kappa shape index (κ3) is 2.30. The highest BCUT2D eigenvalue weighted by Crippen LogP contribution is 2.50. The zero-order chi connectivity index (χ0) is 24.0. The predicted molar refractivity (Wildman–Crippen MR) is 141 cm³/mol. The fourth-order valence-corrected chi connectivity index (χ4v) is 7.35. The van der Waals surface area contributed by atoms with Crippen LogP contribution < -0.4 is 9.13 Å². The smallest absolute Gasteiger partial charge is 0.417 e. The Morgan fingerprint density at radius 2 is 1.64 bits per heavy atom. The Hall–Kier alpha value is -3.72. The minimum Gasteiger partial charge on any atom is -0.460 e. The lowest BCUT2D eigenvalue weighted by Gasteiger charge is -2.18. The van der Waals surface area contributed by atoms with Crippen molar-refractivity contribution in [2.75, 3.05) is 0 Å². The minimum atomic E-state index is -0.463. The van der Waals surface area contributed by atoms with E-state index < -0.39 is 5.66 Å². The van der Waals surface area contributed by atoms with E-state index >= 15 is 0 Å². The van der Waals surface area contributed by atoms with Gasteiger partial charge < -0.3 is 4.42 Å². The highest BCUT2D eigenvalue weighted by molar-refractivity contribution is 5.97. The van der Waals surface area contributed by atoms with Crippen molar-refractivity contribution in [1.82, 2.24) is 0 Å². The Morgan fingerprint density at radius 1 is 0.806 bits per heavy atom. The third-order valence-electron chi connectivity index (χ3n) is 8.92. The van der Waals surface area contributed by atoms with Crippen molar-refractivity contribution < 1.29 is 13.6 Å². The largest absolute Gasteiger partial charge is 0.460 e. The van der Waals surface area contributed by atoms with Gasteiger partial charge in [0.2, 0.25) is 11.4 Å². The number of rotatable bonds is 2. The van der Waals surface area contributed by atoms with Crippen molar-refractivity contribution in [2.24, 2.45) is 0 Å². The van der Waals surface area contributed by atoms with Crippen molar-refractivity contribution in [1.29, 1.82) is 0 Å². The molecule has 3 nitrogen and oxygen atoms in total. The van der Waals surface area contributed by atoms with E-state index in [4.69, 9.17) is 4.42 Å². The van der Waals surface area contributed by atoms with Crippen molar-refractivity contribution in [3.63, 3.8) is 0 Å². The second-order valence-electron chi connectivity index (χ2n) is 10.5. The number of nitrogens with zero attached hydrogens (tertiary/aromatic N) is 2. The highest BCUT2D eigenvalue weighted by Gasteiger charge is 2.67. The number of hydrogen-bond acceptors (Lipinski definition) is 1. The fourth-order valence-electron chi connectivity index (χ4n) is 7.35. The van der Waals surface area contributed by atoms with Gasteiger partial charge in [-0.15, -0.1) is 9.13 Å². The SMILES string of the molecule is CCc1cc2[n+](cc1CC)C1(c3ccccc3-c3cccc[n+]31)c1ccc3c4c(oc3c1-2)CCCC4. The molecule has 0 saturated heterocycles. The molecule has 0 saturated carbocycles. The molecule has 5 aromatic rings. The Labute approximate surface area is 211 Å². The van der Waals surface area contributed by atoms with Crippen LogP contribution in [0, 0.1) is 0 Å². The molecule has 0 amide bonds. The minimum absolute atomic E-state index is 0.463. The maximum Gasteiger partial charge on any atom is 0.417 e. The lowest BCUT2D eigenvalue weighted by molar-refractivity contribution is -0.955. The van der Waals surface area contributed by atoms with E-state index in [1.165, 1.54) is 74.3 Å². The van der Waals surface area contributed by atoms with Gasteiger partial charge in [-0.2, -0.15) is 0 Å². The van der Waals surface area contributed by atoms with E-state index in [0.717, 1.165) is 31.3 Å². The van der Waals surface area contributed by atoms with E-state index in [9.17, 15) is 0 Å². The summed E-state index contributed by atoms with van der Waals surface area (Å²) in [5.41, 5.74) is 12.7. The second kappa shape index (κ2) is 7.16. The molecule has 3 heteroatoms. The molecule has 0 fully saturated rings. The van der Waals surface area contributed by atoms with Crippen LogP contribution in [0.15, 0.2) is 77.5 Å². The van der Waals surface area contributed by atoms with Crippen LogP contribution >= 0.6 is 0 Å². The number of aromatic nitrogens is 2. The summed E-state index contributed by atoms with van der Waals surface area (Å²) in [6.45, 7) is 4.55. The van der Waals surface area contributed by atoms with Crippen LogP contribution in [0.3, 0.4) is 0 Å². The average molecular weight is 471 g/mol. The van der Waals surface area contributed by atoms with E-state index in [0.29, 0.717) is 0 Å². The maximum absolute atomic E-state index is 6.78. The Morgan fingerprint density at radius 3 is 2.53 bits per heavy atom. The first-order valence-corrected chi connectivity index (χ1v) is 13.5. The quantitative estimate of drug-likeness (QED) is 0.273. The van der Waals surface area contributed by atoms with E-state index in [-0.39, 0.29) is 0 Å². The van der Waals surface area contributed by atoms with Gasteiger partial charge in [0, 0.05) is 41.1 Å². The monoisotopic (exact) mass is 470 g/mol. The summed E-state index contributed by atoms with van der Waals surface area (Å²) in [4.78, 5) is 0. The number of pyridine rings is 2. The molecule has 1 atom stereocenters. The maximum atomic E-state index is 6.78. The molecule has 0 bridgehead atoms. The first-order chi connectivity index (χ1) is 17.8. The summed E-state index contributed by atoms with van der Waals surface area (Å²) in [6.07, 6.45) is 11.4. The molecule has 176 valence electrons. The number of benzene rings is 2. The molecule has 1 aliphatic carbocycles. The van der Waals surface area contributed by atoms with Crippen LogP contribution in [0.4, 0.5) is 0 Å². The first kappa shape index (κ1) is 20.5. The molecular weight excluding hydrogens is 440 g/mol. The molecule has 2 aromatic carbocycles. The summed E-state index contributed by atoms with van der Waals surface area (Å²) in [5, 5.41) is 1.31. The molecule has 36 heavy (non-hydrogen) atoms. The topological polar surface area (TPSA) is 20.9 Å². The van der Waals surface area contributed by atoms with Gasteiger partial charge in [-0.3, -0.25) is 0 Å². The standard InChI is InChI=1S/C33H30N2O/c1-3-21-19-29-31-27(17-16-24-23-11-6-8-15-30(23)36-32(24)31)33(35(29)20-22(21)4-2)26-13-7-5-12-25(26)28-14-9-10-18-34(28)33/h5,7,9-10,12-14,16-20H,3-4,6,8,11,15H2,1-2H3/q+2. The molecule has 8 rings (SSSR count). The van der Waals surface area contributed by atoms with Crippen molar-refractivity contribution in [3.8, 4) is 22.5 Å². The highest BCUT2D eigenvalue weighted by atomic mass is 16.3. The molecule has 2 aliphatic heterocycles. The molecule has 3 aromatic heterocycles.